The molecule has 0 bridgehead atoms. The highest BCUT2D eigenvalue weighted by molar-refractivity contribution is 9.10. The van der Waals surface area contributed by atoms with Gasteiger partial charge < -0.3 is 15.2 Å². The minimum atomic E-state index is -1.29. The van der Waals surface area contributed by atoms with Crippen LogP contribution in [-0.4, -0.2) is 22.5 Å². The lowest BCUT2D eigenvalue weighted by Crippen LogP contribution is -2.59. The molecule has 5 nitrogen and oxygen atoms in total. The van der Waals surface area contributed by atoms with Crippen LogP contribution in [0.3, 0.4) is 0 Å². The van der Waals surface area contributed by atoms with Crippen molar-refractivity contribution in [2.24, 2.45) is 0 Å². The van der Waals surface area contributed by atoms with Crippen LogP contribution in [0.4, 0.5) is 4.39 Å². The van der Waals surface area contributed by atoms with Crippen molar-refractivity contribution in [2.45, 2.75) is 31.4 Å². The van der Waals surface area contributed by atoms with E-state index in [4.69, 9.17) is 16.3 Å². The zero-order chi connectivity index (χ0) is 22.2. The molecule has 0 unspecified atom stereocenters. The Morgan fingerprint density at radius 1 is 1.16 bits per heavy atom. The van der Waals surface area contributed by atoms with Gasteiger partial charge in [-0.2, -0.15) is 0 Å². The summed E-state index contributed by atoms with van der Waals surface area (Å²) in [6.45, 7) is -0.116. The molecule has 1 aliphatic rings. The summed E-state index contributed by atoms with van der Waals surface area (Å²) in [4.78, 5) is 24.8. The number of benzene rings is 3. The third-order valence-electron chi connectivity index (χ3n) is 5.55. The van der Waals surface area contributed by atoms with E-state index in [1.54, 1.807) is 36.4 Å². The SMILES string of the molecule is O=C(NC1(C(=O)O)CCC1)c1cc(Cl)c2ccccc2c1OCc1ccc(Br)cc1F. The number of nitrogens with one attached hydrogen (secondary N) is 1. The maximum Gasteiger partial charge on any atom is 0.329 e. The predicted octanol–water partition coefficient (Wildman–Crippen LogP) is 5.71. The lowest BCUT2D eigenvalue weighted by molar-refractivity contribution is -0.148. The summed E-state index contributed by atoms with van der Waals surface area (Å²) >= 11 is 9.62. The van der Waals surface area contributed by atoms with Gasteiger partial charge in [0, 0.05) is 25.8 Å². The Bertz CT molecular complexity index is 1200. The minimum absolute atomic E-state index is 0.105. The van der Waals surface area contributed by atoms with Crippen LogP contribution in [-0.2, 0) is 11.4 Å². The van der Waals surface area contributed by atoms with Gasteiger partial charge in [0.05, 0.1) is 5.56 Å². The Morgan fingerprint density at radius 2 is 1.87 bits per heavy atom. The normalized spacial score (nSPS) is 14.7. The summed E-state index contributed by atoms with van der Waals surface area (Å²) in [6, 6.07) is 13.2. The first kappa shape index (κ1) is 21.6. The van der Waals surface area contributed by atoms with Crippen molar-refractivity contribution in [1.29, 1.82) is 0 Å². The molecule has 3 aromatic rings. The Hall–Kier alpha value is -2.64. The number of carboxylic acids is 1. The zero-order valence-electron chi connectivity index (χ0n) is 16.3. The highest BCUT2D eigenvalue weighted by Crippen LogP contribution is 2.38. The summed E-state index contributed by atoms with van der Waals surface area (Å²) in [5.41, 5.74) is -0.868. The Morgan fingerprint density at radius 3 is 2.48 bits per heavy atom. The van der Waals surface area contributed by atoms with Crippen LogP contribution in [0.15, 0.2) is 53.0 Å². The molecule has 0 aliphatic heterocycles. The molecule has 0 aromatic heterocycles. The van der Waals surface area contributed by atoms with E-state index in [-0.39, 0.29) is 17.9 Å². The van der Waals surface area contributed by atoms with Crippen LogP contribution < -0.4 is 10.1 Å². The average Bonchev–Trinajstić information content (AvgIpc) is 2.70. The second-order valence-electron chi connectivity index (χ2n) is 7.50. The monoisotopic (exact) mass is 505 g/mol. The van der Waals surface area contributed by atoms with E-state index in [1.807, 2.05) is 0 Å². The lowest BCUT2D eigenvalue weighted by atomic mass is 9.76. The van der Waals surface area contributed by atoms with Crippen LogP contribution in [0.5, 0.6) is 5.75 Å². The molecule has 8 heteroatoms. The van der Waals surface area contributed by atoms with Gasteiger partial charge in [-0.25, -0.2) is 9.18 Å². The first-order valence-electron chi connectivity index (χ1n) is 9.64. The third-order valence-corrected chi connectivity index (χ3v) is 6.35. The van der Waals surface area contributed by atoms with Gasteiger partial charge in [0.2, 0.25) is 0 Å². The summed E-state index contributed by atoms with van der Waals surface area (Å²) in [7, 11) is 0. The van der Waals surface area contributed by atoms with Crippen molar-refractivity contribution < 1.29 is 23.8 Å². The molecule has 0 heterocycles. The zero-order valence-corrected chi connectivity index (χ0v) is 18.6. The molecular weight excluding hydrogens is 489 g/mol. The average molecular weight is 507 g/mol. The summed E-state index contributed by atoms with van der Waals surface area (Å²) < 4.78 is 20.8. The van der Waals surface area contributed by atoms with Crippen LogP contribution in [0.1, 0.15) is 35.2 Å². The van der Waals surface area contributed by atoms with E-state index < -0.39 is 23.2 Å². The number of amides is 1. The summed E-state index contributed by atoms with van der Waals surface area (Å²) in [5.74, 6) is -1.89. The van der Waals surface area contributed by atoms with Gasteiger partial charge in [-0.3, -0.25) is 4.79 Å². The van der Waals surface area contributed by atoms with Crippen molar-refractivity contribution in [3.63, 3.8) is 0 Å². The fourth-order valence-corrected chi connectivity index (χ4v) is 4.23. The molecule has 0 radical (unpaired) electrons. The molecule has 1 amide bonds. The second-order valence-corrected chi connectivity index (χ2v) is 8.82. The first-order chi connectivity index (χ1) is 14.8. The Labute approximate surface area is 191 Å². The second kappa shape index (κ2) is 8.48. The van der Waals surface area contributed by atoms with E-state index in [9.17, 15) is 19.1 Å². The number of rotatable bonds is 6. The molecule has 160 valence electrons. The Balaban J connectivity index is 1.74. The number of carboxylic acid groups (broad SMARTS) is 1. The van der Waals surface area contributed by atoms with Crippen molar-refractivity contribution in [3.05, 3.63) is 75.0 Å². The van der Waals surface area contributed by atoms with Gasteiger partial charge in [-0.15, -0.1) is 0 Å². The molecule has 3 aromatic carbocycles. The highest BCUT2D eigenvalue weighted by atomic mass is 79.9. The van der Waals surface area contributed by atoms with E-state index in [1.165, 1.54) is 12.1 Å². The van der Waals surface area contributed by atoms with E-state index in [0.29, 0.717) is 38.7 Å². The van der Waals surface area contributed by atoms with Gasteiger partial charge in [-0.05, 0) is 37.5 Å². The number of carbonyl (C=O) groups is 2. The minimum Gasteiger partial charge on any atom is -0.487 e. The summed E-state index contributed by atoms with van der Waals surface area (Å²) in [5, 5.41) is 13.8. The van der Waals surface area contributed by atoms with Crippen molar-refractivity contribution in [2.75, 3.05) is 0 Å². The van der Waals surface area contributed by atoms with Crippen LogP contribution in [0, 0.1) is 5.82 Å². The number of fused-ring (bicyclic) bond motifs is 1. The molecule has 0 saturated heterocycles. The smallest absolute Gasteiger partial charge is 0.329 e. The molecule has 0 atom stereocenters. The van der Waals surface area contributed by atoms with Crippen LogP contribution in [0.25, 0.3) is 10.8 Å². The van der Waals surface area contributed by atoms with Gasteiger partial charge in [0.15, 0.2) is 0 Å². The largest absolute Gasteiger partial charge is 0.487 e. The standard InChI is InChI=1S/C23H18BrClFNO4/c24-14-7-6-13(19(26)10-14)12-31-20-16-5-2-1-4-15(16)18(25)11-17(20)21(28)27-23(22(29)30)8-3-9-23/h1-2,4-7,10-11H,3,8-9,12H2,(H,27,28)(H,29,30). The number of hydrogen-bond donors (Lipinski definition) is 2. The molecule has 1 saturated carbocycles. The molecule has 2 N–H and O–H groups in total. The van der Waals surface area contributed by atoms with Crippen LogP contribution in [0.2, 0.25) is 5.02 Å². The Kier molecular flexibility index (Phi) is 5.90. The van der Waals surface area contributed by atoms with Gasteiger partial charge >= 0.3 is 5.97 Å². The number of carbonyl (C=O) groups excluding carboxylic acids is 1. The number of ether oxygens (including phenoxy) is 1. The molecule has 0 spiro atoms. The van der Waals surface area contributed by atoms with E-state index in [0.717, 1.165) is 6.42 Å². The molecule has 31 heavy (non-hydrogen) atoms. The number of halogens is 3. The maximum absolute atomic E-state index is 14.3. The number of aliphatic carboxylic acids is 1. The van der Waals surface area contributed by atoms with Crippen LogP contribution >= 0.6 is 27.5 Å². The fraction of sp³-hybridized carbons (Fsp3) is 0.217. The fourth-order valence-electron chi connectivity index (χ4n) is 3.62. The molecule has 1 fully saturated rings. The van der Waals surface area contributed by atoms with Gasteiger partial charge in [0.25, 0.3) is 5.91 Å². The van der Waals surface area contributed by atoms with Crippen molar-refractivity contribution >= 4 is 50.2 Å². The van der Waals surface area contributed by atoms with E-state index in [2.05, 4.69) is 21.2 Å². The molecular formula is C23H18BrClFNO4. The quantitative estimate of drug-likeness (QED) is 0.449. The molecule has 4 rings (SSSR count). The summed E-state index contributed by atoms with van der Waals surface area (Å²) in [6.07, 6.45) is 1.43. The van der Waals surface area contributed by atoms with E-state index >= 15 is 0 Å². The van der Waals surface area contributed by atoms with Crippen molar-refractivity contribution in [3.8, 4) is 5.75 Å². The van der Waals surface area contributed by atoms with Gasteiger partial charge in [0.1, 0.15) is 23.7 Å². The lowest BCUT2D eigenvalue weighted by Gasteiger charge is -2.38. The third kappa shape index (κ3) is 4.12. The predicted molar refractivity (Wildman–Crippen MR) is 119 cm³/mol. The topological polar surface area (TPSA) is 75.6 Å². The first-order valence-corrected chi connectivity index (χ1v) is 10.8. The maximum atomic E-state index is 14.3. The van der Waals surface area contributed by atoms with Gasteiger partial charge in [-0.1, -0.05) is 57.9 Å². The number of hydrogen-bond acceptors (Lipinski definition) is 3. The highest BCUT2D eigenvalue weighted by Gasteiger charge is 2.46. The van der Waals surface area contributed by atoms with Crippen molar-refractivity contribution in [1.82, 2.24) is 5.32 Å². The molecule has 1 aliphatic carbocycles.